The quantitative estimate of drug-likeness (QED) is 0.272. The summed E-state index contributed by atoms with van der Waals surface area (Å²) in [4.78, 5) is 27.6. The maximum absolute atomic E-state index is 13.7. The topological polar surface area (TPSA) is 76.1 Å². The van der Waals surface area contributed by atoms with Gasteiger partial charge < -0.3 is 14.6 Å². The maximum Gasteiger partial charge on any atom is 0.300 e. The first kappa shape index (κ1) is 23.6. The van der Waals surface area contributed by atoms with Crippen molar-refractivity contribution in [2.24, 2.45) is 0 Å². The molecule has 1 unspecified atom stereocenters. The third-order valence-electron chi connectivity index (χ3n) is 5.46. The van der Waals surface area contributed by atoms with Gasteiger partial charge in [-0.3, -0.25) is 14.5 Å². The minimum Gasteiger partial charge on any atom is -0.507 e. The van der Waals surface area contributed by atoms with E-state index >= 15 is 0 Å². The van der Waals surface area contributed by atoms with Crippen molar-refractivity contribution in [2.75, 3.05) is 19.1 Å². The molecule has 3 aromatic rings. The number of para-hydroxylation sites is 1. The van der Waals surface area contributed by atoms with Crippen molar-refractivity contribution in [3.05, 3.63) is 93.2 Å². The molecule has 4 rings (SSSR count). The number of nitrogens with zero attached hydrogens (tertiary/aromatic N) is 1. The van der Waals surface area contributed by atoms with Gasteiger partial charge in [-0.1, -0.05) is 53.5 Å². The van der Waals surface area contributed by atoms with Crippen molar-refractivity contribution in [3.63, 3.8) is 0 Å². The molecule has 1 amide bonds. The standard InChI is InChI=1S/C25H18Cl2FNO5/c1-33-23-16(12-17(26)24(34-2)19(23)27)21(30)18-20(13-8-10-14(28)11-9-13)29(25(32)22(18)31)15-6-4-3-5-7-15/h3-12,20,30H,1-2H3/b21-18+. The fourth-order valence-corrected chi connectivity index (χ4v) is 4.63. The van der Waals surface area contributed by atoms with E-state index in [1.165, 1.54) is 49.5 Å². The molecular formula is C25H18Cl2FNO5. The van der Waals surface area contributed by atoms with Gasteiger partial charge in [0.05, 0.1) is 36.4 Å². The van der Waals surface area contributed by atoms with E-state index in [2.05, 4.69) is 0 Å². The molecule has 0 aliphatic carbocycles. The van der Waals surface area contributed by atoms with E-state index < -0.39 is 29.3 Å². The highest BCUT2D eigenvalue weighted by molar-refractivity contribution is 6.52. The van der Waals surface area contributed by atoms with E-state index in [4.69, 9.17) is 32.7 Å². The molecule has 0 bridgehead atoms. The number of halogens is 3. The Morgan fingerprint density at radius 2 is 1.59 bits per heavy atom. The van der Waals surface area contributed by atoms with E-state index in [1.807, 2.05) is 0 Å². The number of amides is 1. The molecule has 0 saturated carbocycles. The Morgan fingerprint density at radius 1 is 0.971 bits per heavy atom. The summed E-state index contributed by atoms with van der Waals surface area (Å²) in [5, 5.41) is 11.4. The highest BCUT2D eigenvalue weighted by atomic mass is 35.5. The zero-order chi connectivity index (χ0) is 24.6. The molecule has 1 atom stereocenters. The van der Waals surface area contributed by atoms with Gasteiger partial charge in [0.1, 0.15) is 16.6 Å². The second-order valence-electron chi connectivity index (χ2n) is 7.34. The monoisotopic (exact) mass is 501 g/mol. The van der Waals surface area contributed by atoms with Gasteiger partial charge in [0.25, 0.3) is 11.7 Å². The molecule has 0 radical (unpaired) electrons. The van der Waals surface area contributed by atoms with Crippen LogP contribution < -0.4 is 14.4 Å². The van der Waals surface area contributed by atoms with Gasteiger partial charge in [-0.2, -0.15) is 0 Å². The molecule has 34 heavy (non-hydrogen) atoms. The Balaban J connectivity index is 2.01. The summed E-state index contributed by atoms with van der Waals surface area (Å²) < 4.78 is 24.2. The number of carbonyl (C=O) groups excluding carboxylic acids is 2. The van der Waals surface area contributed by atoms with Crippen LogP contribution in [-0.4, -0.2) is 31.0 Å². The fraction of sp³-hybridized carbons (Fsp3) is 0.120. The summed E-state index contributed by atoms with van der Waals surface area (Å²) in [6, 6.07) is 14.1. The Morgan fingerprint density at radius 3 is 2.18 bits per heavy atom. The fourth-order valence-electron chi connectivity index (χ4n) is 3.94. The van der Waals surface area contributed by atoms with E-state index in [0.29, 0.717) is 11.3 Å². The van der Waals surface area contributed by atoms with E-state index in [-0.39, 0.29) is 32.7 Å². The van der Waals surface area contributed by atoms with Gasteiger partial charge in [0, 0.05) is 5.69 Å². The van der Waals surface area contributed by atoms with Gasteiger partial charge in [0.15, 0.2) is 11.5 Å². The molecular weight excluding hydrogens is 484 g/mol. The number of ketones is 1. The molecule has 9 heteroatoms. The number of Topliss-reactive ketones (excluding diaryl/α,β-unsaturated/α-hetero) is 1. The first-order chi connectivity index (χ1) is 16.3. The lowest BCUT2D eigenvalue weighted by molar-refractivity contribution is -0.132. The van der Waals surface area contributed by atoms with Crippen LogP contribution in [0, 0.1) is 5.82 Å². The molecule has 1 heterocycles. The average molecular weight is 502 g/mol. The summed E-state index contributed by atoms with van der Waals surface area (Å²) in [5.74, 6) is -2.70. The third-order valence-corrected chi connectivity index (χ3v) is 6.08. The molecule has 1 fully saturated rings. The third kappa shape index (κ3) is 3.87. The van der Waals surface area contributed by atoms with Crippen LogP contribution in [-0.2, 0) is 9.59 Å². The van der Waals surface area contributed by atoms with Crippen LogP contribution in [0.2, 0.25) is 10.0 Å². The van der Waals surface area contributed by atoms with Gasteiger partial charge >= 0.3 is 0 Å². The Bertz CT molecular complexity index is 1310. The molecule has 1 aliphatic rings. The van der Waals surface area contributed by atoms with Crippen LogP contribution in [0.15, 0.2) is 66.2 Å². The SMILES string of the molecule is COc1c(Cl)cc(/C(O)=C2\C(=O)C(=O)N(c3ccccc3)C2c2ccc(F)cc2)c(OC)c1Cl. The van der Waals surface area contributed by atoms with Gasteiger partial charge in [-0.15, -0.1) is 0 Å². The Hall–Kier alpha value is -3.55. The minimum absolute atomic E-state index is 0.00327. The van der Waals surface area contributed by atoms with E-state index in [1.54, 1.807) is 30.3 Å². The number of carbonyl (C=O) groups is 2. The largest absolute Gasteiger partial charge is 0.507 e. The predicted octanol–water partition coefficient (Wildman–Crippen LogP) is 5.78. The minimum atomic E-state index is -1.05. The zero-order valence-electron chi connectivity index (χ0n) is 18.0. The number of rotatable bonds is 5. The van der Waals surface area contributed by atoms with Crippen molar-refractivity contribution in [3.8, 4) is 11.5 Å². The van der Waals surface area contributed by atoms with Crippen LogP contribution in [0.5, 0.6) is 11.5 Å². The summed E-state index contributed by atoms with van der Waals surface area (Å²) in [7, 11) is 2.69. The van der Waals surface area contributed by atoms with Crippen molar-refractivity contribution in [1.82, 2.24) is 0 Å². The number of hydrogen-bond acceptors (Lipinski definition) is 5. The summed E-state index contributed by atoms with van der Waals surface area (Å²) >= 11 is 12.6. The molecule has 6 nitrogen and oxygen atoms in total. The van der Waals surface area contributed by atoms with Gasteiger partial charge in [-0.25, -0.2) is 4.39 Å². The molecule has 1 saturated heterocycles. The van der Waals surface area contributed by atoms with Gasteiger partial charge in [0.2, 0.25) is 0 Å². The molecule has 1 N–H and O–H groups in total. The van der Waals surface area contributed by atoms with Crippen LogP contribution >= 0.6 is 23.2 Å². The van der Waals surface area contributed by atoms with E-state index in [9.17, 15) is 19.1 Å². The molecule has 3 aromatic carbocycles. The summed E-state index contributed by atoms with van der Waals surface area (Å²) in [6.45, 7) is 0. The van der Waals surface area contributed by atoms with Crippen molar-refractivity contribution in [2.45, 2.75) is 6.04 Å². The second kappa shape index (κ2) is 9.37. The van der Waals surface area contributed by atoms with Crippen LogP contribution in [0.25, 0.3) is 5.76 Å². The average Bonchev–Trinajstić information content (AvgIpc) is 3.10. The zero-order valence-corrected chi connectivity index (χ0v) is 19.5. The molecule has 174 valence electrons. The normalized spacial score (nSPS) is 17.2. The van der Waals surface area contributed by atoms with Crippen molar-refractivity contribution < 1.29 is 28.6 Å². The highest BCUT2D eigenvalue weighted by Crippen LogP contribution is 2.48. The van der Waals surface area contributed by atoms with Crippen LogP contribution in [0.3, 0.4) is 0 Å². The van der Waals surface area contributed by atoms with Crippen molar-refractivity contribution in [1.29, 1.82) is 0 Å². The molecule has 0 spiro atoms. The van der Waals surface area contributed by atoms with Crippen LogP contribution in [0.1, 0.15) is 17.2 Å². The Labute approximate surface area is 204 Å². The first-order valence-corrected chi connectivity index (χ1v) is 10.8. The predicted molar refractivity (Wildman–Crippen MR) is 127 cm³/mol. The van der Waals surface area contributed by atoms with Crippen LogP contribution in [0.4, 0.5) is 10.1 Å². The lowest BCUT2D eigenvalue weighted by Gasteiger charge is -2.25. The highest BCUT2D eigenvalue weighted by Gasteiger charge is 2.47. The number of methoxy groups -OCH3 is 2. The smallest absolute Gasteiger partial charge is 0.300 e. The number of aliphatic hydroxyl groups excluding tert-OH is 1. The number of hydrogen-bond donors (Lipinski definition) is 1. The second-order valence-corrected chi connectivity index (χ2v) is 8.13. The van der Waals surface area contributed by atoms with E-state index in [0.717, 1.165) is 0 Å². The Kier molecular flexibility index (Phi) is 6.50. The lowest BCUT2D eigenvalue weighted by atomic mass is 9.94. The summed E-state index contributed by atoms with van der Waals surface area (Å²) in [6.07, 6.45) is 0. The number of aliphatic hydroxyl groups is 1. The van der Waals surface area contributed by atoms with Crippen molar-refractivity contribution >= 4 is 46.3 Å². The number of ether oxygens (including phenoxy) is 2. The number of anilines is 1. The maximum atomic E-state index is 13.7. The molecule has 1 aliphatic heterocycles. The number of benzene rings is 3. The van der Waals surface area contributed by atoms with Gasteiger partial charge in [-0.05, 0) is 35.9 Å². The summed E-state index contributed by atoms with van der Waals surface area (Å²) in [5.41, 5.74) is 0.610. The lowest BCUT2D eigenvalue weighted by Crippen LogP contribution is -2.29. The molecule has 0 aromatic heterocycles. The first-order valence-electron chi connectivity index (χ1n) is 10.0.